The average Bonchev–Trinajstić information content (AvgIpc) is 3.13. The third-order valence-corrected chi connectivity index (χ3v) is 3.28. The average molecular weight is 300 g/mol. The Morgan fingerprint density at radius 2 is 2.14 bits per heavy atom. The molecule has 5 nitrogen and oxygen atoms in total. The van der Waals surface area contributed by atoms with Crippen molar-refractivity contribution in [2.75, 3.05) is 6.54 Å². The van der Waals surface area contributed by atoms with Gasteiger partial charge in [0, 0.05) is 32.3 Å². The van der Waals surface area contributed by atoms with Gasteiger partial charge in [-0.05, 0) is 37.6 Å². The summed E-state index contributed by atoms with van der Waals surface area (Å²) in [6, 6.07) is 7.16. The van der Waals surface area contributed by atoms with E-state index in [2.05, 4.69) is 5.32 Å². The van der Waals surface area contributed by atoms with Crippen LogP contribution in [0.4, 0.5) is 0 Å². The number of hydrogen-bond donors (Lipinski definition) is 1. The number of Topliss-reactive ketones (excluding diaryl/α,β-unsaturated/α-hetero) is 1. The van der Waals surface area contributed by atoms with E-state index in [-0.39, 0.29) is 11.6 Å². The zero-order valence-corrected chi connectivity index (χ0v) is 12.8. The molecule has 0 aliphatic heterocycles. The predicted octanol–water partition coefficient (Wildman–Crippen LogP) is 2.80. The Morgan fingerprint density at radius 1 is 1.32 bits per heavy atom. The van der Waals surface area contributed by atoms with Crippen LogP contribution in [0.5, 0.6) is 0 Å². The highest BCUT2D eigenvalue weighted by molar-refractivity contribution is 6.06. The van der Waals surface area contributed by atoms with Gasteiger partial charge in [0.25, 0.3) is 0 Å². The van der Waals surface area contributed by atoms with Crippen molar-refractivity contribution in [2.24, 2.45) is 7.05 Å². The molecule has 0 unspecified atom stereocenters. The van der Waals surface area contributed by atoms with Crippen LogP contribution in [0.25, 0.3) is 5.70 Å². The summed E-state index contributed by atoms with van der Waals surface area (Å²) < 4.78 is 7.06. The summed E-state index contributed by atoms with van der Waals surface area (Å²) in [6.45, 7) is 2.20. The molecule has 2 rings (SSSR count). The minimum atomic E-state index is -0.194. The van der Waals surface area contributed by atoms with Crippen LogP contribution in [0, 0.1) is 0 Å². The third kappa shape index (κ3) is 4.22. The molecule has 0 atom stereocenters. The lowest BCUT2D eigenvalue weighted by Gasteiger charge is -2.11. The van der Waals surface area contributed by atoms with Crippen LogP contribution in [0.15, 0.2) is 47.2 Å². The van der Waals surface area contributed by atoms with E-state index in [4.69, 9.17) is 4.42 Å². The quantitative estimate of drug-likeness (QED) is 0.462. The van der Waals surface area contributed by atoms with Crippen molar-refractivity contribution in [1.29, 1.82) is 0 Å². The minimum absolute atomic E-state index is 0.165. The van der Waals surface area contributed by atoms with Crippen molar-refractivity contribution in [3.8, 4) is 0 Å². The highest BCUT2D eigenvalue weighted by Gasteiger charge is 2.11. The van der Waals surface area contributed by atoms with E-state index in [1.807, 2.05) is 29.9 Å². The van der Waals surface area contributed by atoms with E-state index in [9.17, 15) is 9.59 Å². The molecule has 0 bridgehead atoms. The fraction of sp³-hybridized carbons (Fsp3) is 0.294. The van der Waals surface area contributed by atoms with Crippen molar-refractivity contribution in [1.82, 2.24) is 9.88 Å². The molecular formula is C17H20N2O3. The first kappa shape index (κ1) is 15.8. The van der Waals surface area contributed by atoms with Crippen LogP contribution in [0.1, 0.15) is 36.0 Å². The maximum atomic E-state index is 12.2. The molecule has 1 N–H and O–H groups in total. The highest BCUT2D eigenvalue weighted by Crippen LogP contribution is 2.14. The van der Waals surface area contributed by atoms with Crippen LogP contribution in [0.2, 0.25) is 0 Å². The first-order chi connectivity index (χ1) is 10.6. The smallest absolute Gasteiger partial charge is 0.223 e. The fourth-order valence-electron chi connectivity index (χ4n) is 2.14. The third-order valence-electron chi connectivity index (χ3n) is 3.28. The summed E-state index contributed by atoms with van der Waals surface area (Å²) in [5.41, 5.74) is 1.63. The molecule has 2 aromatic rings. The molecule has 2 heterocycles. The van der Waals surface area contributed by atoms with Crippen LogP contribution < -0.4 is 5.32 Å². The maximum Gasteiger partial charge on any atom is 0.223 e. The highest BCUT2D eigenvalue weighted by atomic mass is 16.3. The molecule has 0 saturated heterocycles. The van der Waals surface area contributed by atoms with Gasteiger partial charge in [-0.1, -0.05) is 0 Å². The van der Waals surface area contributed by atoms with Gasteiger partial charge in [0.05, 0.1) is 17.7 Å². The molecule has 0 radical (unpaired) electrons. The van der Waals surface area contributed by atoms with Gasteiger partial charge in [-0.2, -0.15) is 0 Å². The zero-order chi connectivity index (χ0) is 15.9. The van der Waals surface area contributed by atoms with Crippen molar-refractivity contribution in [2.45, 2.75) is 19.8 Å². The van der Waals surface area contributed by atoms with Crippen LogP contribution in [-0.2, 0) is 11.8 Å². The summed E-state index contributed by atoms with van der Waals surface area (Å²) in [6.07, 6.45) is 6.18. The molecule has 5 heteroatoms. The SMILES string of the molecule is CC(=O)CCCN/C(=C\C(=O)c1ccco1)c1cccn1C. The topological polar surface area (TPSA) is 64.2 Å². The van der Waals surface area contributed by atoms with Crippen molar-refractivity contribution in [3.05, 3.63) is 54.3 Å². The Bertz CT molecular complexity index is 666. The maximum absolute atomic E-state index is 12.2. The number of aromatic nitrogens is 1. The van der Waals surface area contributed by atoms with Gasteiger partial charge in [-0.3, -0.25) is 4.79 Å². The van der Waals surface area contributed by atoms with Crippen molar-refractivity contribution in [3.63, 3.8) is 0 Å². The predicted molar refractivity (Wildman–Crippen MR) is 84.3 cm³/mol. The van der Waals surface area contributed by atoms with Gasteiger partial charge in [0.15, 0.2) is 5.76 Å². The summed E-state index contributed by atoms with van der Waals surface area (Å²) in [4.78, 5) is 23.2. The Hall–Kier alpha value is -2.56. The molecule has 2 aromatic heterocycles. The van der Waals surface area contributed by atoms with E-state index in [1.54, 1.807) is 19.1 Å². The number of nitrogens with zero attached hydrogens (tertiary/aromatic N) is 1. The molecule has 0 aromatic carbocycles. The zero-order valence-electron chi connectivity index (χ0n) is 12.8. The molecule has 22 heavy (non-hydrogen) atoms. The van der Waals surface area contributed by atoms with E-state index >= 15 is 0 Å². The second-order valence-electron chi connectivity index (χ2n) is 5.14. The second kappa shape index (κ2) is 7.45. The van der Waals surface area contributed by atoms with Gasteiger partial charge in [0.1, 0.15) is 5.78 Å². The van der Waals surface area contributed by atoms with Gasteiger partial charge in [-0.15, -0.1) is 0 Å². The minimum Gasteiger partial charge on any atom is -0.461 e. The lowest BCUT2D eigenvalue weighted by atomic mass is 10.2. The normalized spacial score (nSPS) is 11.5. The van der Waals surface area contributed by atoms with Gasteiger partial charge in [-0.25, -0.2) is 0 Å². The molecule has 0 saturated carbocycles. The largest absolute Gasteiger partial charge is 0.461 e. The summed E-state index contributed by atoms with van der Waals surface area (Å²) in [5, 5.41) is 3.24. The van der Waals surface area contributed by atoms with E-state index in [0.29, 0.717) is 18.7 Å². The first-order valence-electron chi connectivity index (χ1n) is 7.22. The van der Waals surface area contributed by atoms with E-state index in [0.717, 1.165) is 17.8 Å². The lowest BCUT2D eigenvalue weighted by Crippen LogP contribution is -2.17. The second-order valence-corrected chi connectivity index (χ2v) is 5.14. The van der Waals surface area contributed by atoms with Gasteiger partial charge >= 0.3 is 0 Å². The molecule has 0 amide bonds. The summed E-state index contributed by atoms with van der Waals surface area (Å²) in [5.74, 6) is 0.273. The molecule has 0 fully saturated rings. The molecular weight excluding hydrogens is 280 g/mol. The monoisotopic (exact) mass is 300 g/mol. The number of carbonyl (C=O) groups excluding carboxylic acids is 2. The van der Waals surface area contributed by atoms with Gasteiger partial charge < -0.3 is 19.1 Å². The Kier molecular flexibility index (Phi) is 5.36. The number of carbonyl (C=O) groups is 2. The molecule has 0 spiro atoms. The Balaban J connectivity index is 2.13. The van der Waals surface area contributed by atoms with Crippen LogP contribution >= 0.6 is 0 Å². The number of ketones is 2. The fourth-order valence-corrected chi connectivity index (χ4v) is 2.14. The van der Waals surface area contributed by atoms with Crippen molar-refractivity contribution < 1.29 is 14.0 Å². The first-order valence-corrected chi connectivity index (χ1v) is 7.22. The molecule has 0 aliphatic rings. The number of nitrogens with one attached hydrogen (secondary N) is 1. The molecule has 116 valence electrons. The number of aryl methyl sites for hydroxylation is 1. The van der Waals surface area contributed by atoms with Crippen LogP contribution in [0.3, 0.4) is 0 Å². The van der Waals surface area contributed by atoms with Crippen LogP contribution in [-0.4, -0.2) is 22.7 Å². The number of allylic oxidation sites excluding steroid dienone is 1. The molecule has 0 aliphatic carbocycles. The standard InChI is InChI=1S/C17H20N2O3/c1-13(20)6-3-9-18-14(15-7-4-10-19(15)2)12-16(21)17-8-5-11-22-17/h4-5,7-8,10-12,18H,3,6,9H2,1-2H3/b14-12-. The summed E-state index contributed by atoms with van der Waals surface area (Å²) in [7, 11) is 1.91. The number of hydrogen-bond acceptors (Lipinski definition) is 4. The van der Waals surface area contributed by atoms with Gasteiger partial charge in [0.2, 0.25) is 5.78 Å². The number of rotatable bonds is 8. The Labute approximate surface area is 129 Å². The van der Waals surface area contributed by atoms with Crippen molar-refractivity contribution >= 4 is 17.3 Å². The lowest BCUT2D eigenvalue weighted by molar-refractivity contribution is -0.117. The summed E-state index contributed by atoms with van der Waals surface area (Å²) >= 11 is 0. The van der Waals surface area contributed by atoms with E-state index in [1.165, 1.54) is 12.3 Å². The Morgan fingerprint density at radius 3 is 2.73 bits per heavy atom. The number of furan rings is 1. The van der Waals surface area contributed by atoms with E-state index < -0.39 is 0 Å².